The lowest BCUT2D eigenvalue weighted by atomic mass is 10.3. The molecule has 0 saturated carbocycles. The number of nitrogens with zero attached hydrogens (tertiary/aromatic N) is 2. The summed E-state index contributed by atoms with van der Waals surface area (Å²) in [6.07, 6.45) is 4.63. The first-order valence-electron chi connectivity index (χ1n) is 6.75. The Kier molecular flexibility index (Phi) is 4.95. The van der Waals surface area contributed by atoms with Crippen LogP contribution in [0, 0.1) is 6.92 Å². The molecule has 0 saturated heterocycles. The maximum Gasteiger partial charge on any atom is 0.207 e. The van der Waals surface area contributed by atoms with Gasteiger partial charge in [-0.3, -0.25) is 8.78 Å². The van der Waals surface area contributed by atoms with Crippen molar-refractivity contribution in [3.8, 4) is 5.69 Å². The summed E-state index contributed by atoms with van der Waals surface area (Å²) < 4.78 is 13.4. The highest BCUT2D eigenvalue weighted by Gasteiger charge is 2.09. The highest BCUT2D eigenvalue weighted by atomic mass is 32.2. The lowest BCUT2D eigenvalue weighted by Crippen LogP contribution is -2.16. The topological polar surface area (TPSA) is 46.9 Å². The predicted octanol–water partition coefficient (Wildman–Crippen LogP) is 2.75. The van der Waals surface area contributed by atoms with Gasteiger partial charge in [-0.2, -0.15) is 0 Å². The molecule has 2 unspecified atom stereocenters. The van der Waals surface area contributed by atoms with Gasteiger partial charge in [0.05, 0.1) is 5.69 Å². The van der Waals surface area contributed by atoms with Crippen molar-refractivity contribution in [2.75, 3.05) is 18.1 Å². The molecule has 108 valence electrons. The molecule has 0 bridgehead atoms. The first kappa shape index (κ1) is 14.8. The first-order chi connectivity index (χ1) is 9.58. The first-order valence-corrected chi connectivity index (χ1v) is 8.37. The average Bonchev–Trinajstić information content (AvgIpc) is 2.80. The van der Waals surface area contributed by atoms with Crippen LogP contribution in [0.1, 0.15) is 19.0 Å². The average molecular weight is 291 g/mol. The Morgan fingerprint density at radius 3 is 2.70 bits per heavy atom. The summed E-state index contributed by atoms with van der Waals surface area (Å²) in [6.45, 7) is 4.76. The maximum absolute atomic E-state index is 11.3. The fourth-order valence-electron chi connectivity index (χ4n) is 1.96. The maximum atomic E-state index is 11.3. The highest BCUT2D eigenvalue weighted by molar-refractivity contribution is 7.84. The Morgan fingerprint density at radius 2 is 2.05 bits per heavy atom. The van der Waals surface area contributed by atoms with Gasteiger partial charge in [0.25, 0.3) is 0 Å². The summed E-state index contributed by atoms with van der Waals surface area (Å²) in [5.74, 6) is 0.836. The summed E-state index contributed by atoms with van der Waals surface area (Å²) in [6, 6.07) is 10.1. The van der Waals surface area contributed by atoms with Crippen molar-refractivity contribution in [2.24, 2.45) is 0 Å². The third-order valence-electron chi connectivity index (χ3n) is 3.26. The Bertz CT molecular complexity index is 580. The molecule has 1 N–H and O–H groups in total. The van der Waals surface area contributed by atoms with Gasteiger partial charge >= 0.3 is 0 Å². The number of aromatic nitrogens is 2. The smallest absolute Gasteiger partial charge is 0.207 e. The lowest BCUT2D eigenvalue weighted by Gasteiger charge is -2.11. The van der Waals surface area contributed by atoms with Crippen molar-refractivity contribution >= 4 is 16.7 Å². The molecule has 2 aromatic rings. The highest BCUT2D eigenvalue weighted by Crippen LogP contribution is 2.16. The predicted molar refractivity (Wildman–Crippen MR) is 84.9 cm³/mol. The van der Waals surface area contributed by atoms with Crippen LogP contribution < -0.4 is 5.32 Å². The molecule has 0 spiro atoms. The van der Waals surface area contributed by atoms with E-state index in [4.69, 9.17) is 0 Å². The van der Waals surface area contributed by atoms with E-state index in [0.29, 0.717) is 0 Å². The van der Waals surface area contributed by atoms with Crippen LogP contribution in [-0.2, 0) is 10.8 Å². The molecular weight excluding hydrogens is 270 g/mol. The Balaban J connectivity index is 2.07. The molecule has 1 aromatic carbocycles. The minimum atomic E-state index is -0.772. The van der Waals surface area contributed by atoms with Crippen LogP contribution in [0.5, 0.6) is 0 Å². The fourth-order valence-corrected chi connectivity index (χ4v) is 2.41. The van der Waals surface area contributed by atoms with Crippen LogP contribution in [0.15, 0.2) is 36.5 Å². The monoisotopic (exact) mass is 291 g/mol. The molecule has 5 heteroatoms. The molecule has 4 nitrogen and oxygen atoms in total. The quantitative estimate of drug-likeness (QED) is 0.890. The molecule has 1 heterocycles. The molecule has 2 atom stereocenters. The Labute approximate surface area is 122 Å². The minimum Gasteiger partial charge on any atom is -0.355 e. The van der Waals surface area contributed by atoms with Crippen LogP contribution in [0.3, 0.4) is 0 Å². The van der Waals surface area contributed by atoms with Crippen molar-refractivity contribution in [1.29, 1.82) is 0 Å². The number of hydrogen-bond donors (Lipinski definition) is 1. The van der Waals surface area contributed by atoms with E-state index in [9.17, 15) is 4.21 Å². The van der Waals surface area contributed by atoms with E-state index in [-0.39, 0.29) is 5.25 Å². The van der Waals surface area contributed by atoms with Crippen molar-refractivity contribution in [3.05, 3.63) is 42.2 Å². The summed E-state index contributed by atoms with van der Waals surface area (Å²) >= 11 is 0. The van der Waals surface area contributed by atoms with Crippen LogP contribution >= 0.6 is 0 Å². The van der Waals surface area contributed by atoms with Crippen LogP contribution in [-0.4, -0.2) is 31.8 Å². The molecular formula is C15H21N3OS. The van der Waals surface area contributed by atoms with Crippen molar-refractivity contribution in [1.82, 2.24) is 9.55 Å². The third-order valence-corrected chi connectivity index (χ3v) is 4.63. The summed E-state index contributed by atoms with van der Waals surface area (Å²) in [7, 11) is -0.772. The van der Waals surface area contributed by atoms with Gasteiger partial charge in [-0.15, -0.1) is 0 Å². The summed E-state index contributed by atoms with van der Waals surface area (Å²) in [5, 5.41) is 3.53. The Hall–Kier alpha value is -1.62. The zero-order valence-electron chi connectivity index (χ0n) is 12.2. The zero-order valence-corrected chi connectivity index (χ0v) is 13.0. The second-order valence-corrected chi connectivity index (χ2v) is 6.74. The van der Waals surface area contributed by atoms with E-state index < -0.39 is 10.8 Å². The molecule has 0 amide bonds. The Morgan fingerprint density at radius 1 is 1.35 bits per heavy atom. The summed E-state index contributed by atoms with van der Waals surface area (Å²) in [4.78, 5) is 4.50. The number of hydrogen-bond acceptors (Lipinski definition) is 3. The van der Waals surface area contributed by atoms with E-state index in [1.165, 1.54) is 0 Å². The lowest BCUT2D eigenvalue weighted by molar-refractivity contribution is 0.672. The standard InChI is InChI=1S/C15H21N3OS/c1-12-11-18(14-7-5-4-6-8-14)15(17-12)16-10-9-13(2)20(3)19/h4-8,11,13H,9-10H2,1-3H3,(H,16,17). The molecule has 2 rings (SSSR count). The minimum absolute atomic E-state index is 0.198. The van der Waals surface area contributed by atoms with Gasteiger partial charge in [0.1, 0.15) is 0 Å². The molecule has 0 fully saturated rings. The largest absolute Gasteiger partial charge is 0.355 e. The molecule has 0 aliphatic carbocycles. The van der Waals surface area contributed by atoms with E-state index in [1.54, 1.807) is 6.26 Å². The van der Waals surface area contributed by atoms with Crippen molar-refractivity contribution in [2.45, 2.75) is 25.5 Å². The van der Waals surface area contributed by atoms with Gasteiger partial charge in [-0.25, -0.2) is 4.98 Å². The molecule has 0 radical (unpaired) electrons. The van der Waals surface area contributed by atoms with Gasteiger partial charge in [-0.05, 0) is 25.5 Å². The zero-order chi connectivity index (χ0) is 14.5. The number of benzene rings is 1. The normalized spacial score (nSPS) is 13.9. The number of para-hydroxylation sites is 1. The molecule has 0 aliphatic rings. The van der Waals surface area contributed by atoms with Gasteiger partial charge in [0.15, 0.2) is 0 Å². The van der Waals surface area contributed by atoms with Gasteiger partial charge in [0.2, 0.25) is 5.95 Å². The molecule has 0 aliphatic heterocycles. The van der Waals surface area contributed by atoms with Crippen molar-refractivity contribution in [3.63, 3.8) is 0 Å². The number of anilines is 1. The molecule has 20 heavy (non-hydrogen) atoms. The van der Waals surface area contributed by atoms with Crippen molar-refractivity contribution < 1.29 is 4.21 Å². The SMILES string of the molecule is Cc1cn(-c2ccccc2)c(NCCC(C)S(C)=O)n1. The van der Waals surface area contributed by atoms with Crippen LogP contribution in [0.2, 0.25) is 0 Å². The number of aryl methyl sites for hydroxylation is 1. The van der Waals surface area contributed by atoms with Gasteiger partial charge in [-0.1, -0.05) is 25.1 Å². The third kappa shape index (κ3) is 3.70. The van der Waals surface area contributed by atoms with E-state index >= 15 is 0 Å². The van der Waals surface area contributed by atoms with E-state index in [2.05, 4.69) is 22.4 Å². The van der Waals surface area contributed by atoms with Crippen LogP contribution in [0.4, 0.5) is 5.95 Å². The number of rotatable bonds is 6. The fraction of sp³-hybridized carbons (Fsp3) is 0.400. The van der Waals surface area contributed by atoms with Crippen LogP contribution in [0.25, 0.3) is 5.69 Å². The van der Waals surface area contributed by atoms with Gasteiger partial charge < -0.3 is 5.32 Å². The van der Waals surface area contributed by atoms with Gasteiger partial charge in [0, 0.05) is 40.7 Å². The summed E-state index contributed by atoms with van der Waals surface area (Å²) in [5.41, 5.74) is 2.06. The number of nitrogens with one attached hydrogen (secondary N) is 1. The molecule has 1 aromatic heterocycles. The van der Waals surface area contributed by atoms with E-state index in [1.807, 2.05) is 42.8 Å². The second kappa shape index (κ2) is 6.70. The number of imidazole rings is 1. The second-order valence-electron chi connectivity index (χ2n) is 4.94. The van der Waals surface area contributed by atoms with E-state index in [0.717, 1.165) is 30.3 Å².